The van der Waals surface area contributed by atoms with Crippen molar-refractivity contribution in [2.24, 2.45) is 5.73 Å². The van der Waals surface area contributed by atoms with Gasteiger partial charge in [0.2, 0.25) is 5.91 Å². The van der Waals surface area contributed by atoms with Gasteiger partial charge in [-0.15, -0.1) is 11.3 Å². The van der Waals surface area contributed by atoms with Crippen molar-refractivity contribution in [2.45, 2.75) is 69.5 Å². The number of rotatable bonds is 14. The Morgan fingerprint density at radius 1 is 1.16 bits per heavy atom. The molecule has 2 rings (SSSR count). The lowest BCUT2D eigenvalue weighted by Gasteiger charge is -2.29. The summed E-state index contributed by atoms with van der Waals surface area (Å²) in [6.07, 6.45) is 3.45. The quantitative estimate of drug-likeness (QED) is 0.246. The van der Waals surface area contributed by atoms with Crippen LogP contribution < -0.4 is 11.1 Å². The minimum atomic E-state index is -1.10. The molecule has 1 aromatic rings. The van der Waals surface area contributed by atoms with Gasteiger partial charge in [-0.2, -0.15) is 0 Å². The highest BCUT2D eigenvalue weighted by Gasteiger charge is 2.38. The number of aliphatic carboxylic acids is 2. The number of carboxylic acid groups (broad SMARTS) is 2. The molecule has 1 aromatic heterocycles. The van der Waals surface area contributed by atoms with Gasteiger partial charge in [0, 0.05) is 13.0 Å². The minimum absolute atomic E-state index is 0.0314. The van der Waals surface area contributed by atoms with E-state index in [-0.39, 0.29) is 24.5 Å². The third-order valence-corrected chi connectivity index (χ3v) is 6.37. The smallest absolute Gasteiger partial charge is 0.326 e. The van der Waals surface area contributed by atoms with Crippen LogP contribution >= 0.6 is 11.3 Å². The average Bonchev–Trinajstić information content (AvgIpc) is 3.43. The summed E-state index contributed by atoms with van der Waals surface area (Å²) in [7, 11) is 0. The van der Waals surface area contributed by atoms with Gasteiger partial charge >= 0.3 is 11.9 Å². The zero-order valence-electron chi connectivity index (χ0n) is 17.5. The molecule has 0 aromatic carbocycles. The van der Waals surface area contributed by atoms with Crippen molar-refractivity contribution in [2.75, 3.05) is 13.1 Å². The molecule has 31 heavy (non-hydrogen) atoms. The summed E-state index contributed by atoms with van der Waals surface area (Å²) in [6.45, 7) is 0.799. The van der Waals surface area contributed by atoms with Crippen LogP contribution in [0, 0.1) is 0 Å². The van der Waals surface area contributed by atoms with Crippen molar-refractivity contribution < 1.29 is 29.4 Å². The van der Waals surface area contributed by atoms with Crippen LogP contribution in [0.3, 0.4) is 0 Å². The number of carbonyl (C=O) groups excluding carboxylic acids is 2. The van der Waals surface area contributed by atoms with Gasteiger partial charge in [-0.3, -0.25) is 19.7 Å². The number of thiophene rings is 1. The molecule has 5 N–H and O–H groups in total. The molecule has 1 aliphatic rings. The summed E-state index contributed by atoms with van der Waals surface area (Å²) >= 11 is 1.35. The van der Waals surface area contributed by atoms with Crippen molar-refractivity contribution in [3.8, 4) is 0 Å². The number of hydrogen-bond acceptors (Lipinski definition) is 7. The first-order valence-electron chi connectivity index (χ1n) is 10.6. The van der Waals surface area contributed by atoms with Gasteiger partial charge < -0.3 is 20.8 Å². The monoisotopic (exact) mass is 453 g/mol. The van der Waals surface area contributed by atoms with Gasteiger partial charge in [-0.1, -0.05) is 12.5 Å². The van der Waals surface area contributed by atoms with E-state index in [0.717, 1.165) is 0 Å². The van der Waals surface area contributed by atoms with Crippen molar-refractivity contribution >= 4 is 35.0 Å². The summed E-state index contributed by atoms with van der Waals surface area (Å²) in [5, 5.41) is 23.8. The molecule has 1 aliphatic heterocycles. The predicted octanol–water partition coefficient (Wildman–Crippen LogP) is 1.72. The normalized spacial score (nSPS) is 18.0. The fraction of sp³-hybridized carbons (Fsp3) is 0.619. The summed E-state index contributed by atoms with van der Waals surface area (Å²) in [4.78, 5) is 50.5. The molecule has 0 spiro atoms. The largest absolute Gasteiger partial charge is 0.480 e. The molecule has 1 saturated heterocycles. The van der Waals surface area contributed by atoms with Crippen molar-refractivity contribution in [3.05, 3.63) is 22.4 Å². The highest BCUT2D eigenvalue weighted by molar-refractivity contribution is 7.12. The summed E-state index contributed by atoms with van der Waals surface area (Å²) in [6, 6.07) is 0.841. The molecule has 1 fully saturated rings. The van der Waals surface area contributed by atoms with Gasteiger partial charge in [-0.05, 0) is 56.5 Å². The van der Waals surface area contributed by atoms with E-state index in [9.17, 15) is 29.4 Å². The Kier molecular flexibility index (Phi) is 10.1. The van der Waals surface area contributed by atoms with Gasteiger partial charge in [0.25, 0.3) is 0 Å². The first kappa shape index (κ1) is 25.0. The molecular weight excluding hydrogens is 422 g/mol. The van der Waals surface area contributed by atoms with E-state index in [1.54, 1.807) is 12.1 Å². The van der Waals surface area contributed by atoms with E-state index in [0.29, 0.717) is 56.5 Å². The Hall–Kier alpha value is -2.30. The lowest BCUT2D eigenvalue weighted by molar-refractivity contribution is -0.149. The first-order valence-corrected chi connectivity index (χ1v) is 11.5. The van der Waals surface area contributed by atoms with E-state index in [1.165, 1.54) is 16.2 Å². The molecular formula is C21H31N3O6S. The van der Waals surface area contributed by atoms with E-state index in [1.807, 2.05) is 5.38 Å². The van der Waals surface area contributed by atoms with E-state index < -0.39 is 30.1 Å². The fourth-order valence-corrected chi connectivity index (χ4v) is 4.50. The maximum atomic E-state index is 13.1. The van der Waals surface area contributed by atoms with Gasteiger partial charge in [-0.25, -0.2) is 4.79 Å². The molecule has 0 bridgehead atoms. The van der Waals surface area contributed by atoms with E-state index in [2.05, 4.69) is 5.32 Å². The molecule has 0 aliphatic carbocycles. The average molecular weight is 454 g/mol. The number of nitrogens with one attached hydrogen (secondary N) is 1. The second-order valence-electron chi connectivity index (χ2n) is 7.72. The maximum absolute atomic E-state index is 13.1. The van der Waals surface area contributed by atoms with Crippen molar-refractivity contribution in [1.82, 2.24) is 10.2 Å². The Balaban J connectivity index is 2.01. The highest BCUT2D eigenvalue weighted by Crippen LogP contribution is 2.21. The van der Waals surface area contributed by atoms with Crippen LogP contribution in [-0.4, -0.2) is 70.0 Å². The molecule has 9 nitrogen and oxygen atoms in total. The minimum Gasteiger partial charge on any atom is -0.480 e. The fourth-order valence-electron chi connectivity index (χ4n) is 3.81. The molecule has 3 atom stereocenters. The zero-order valence-corrected chi connectivity index (χ0v) is 18.3. The van der Waals surface area contributed by atoms with Crippen LogP contribution in [0.4, 0.5) is 0 Å². The summed E-state index contributed by atoms with van der Waals surface area (Å²) in [5.74, 6) is -2.57. The number of hydrogen-bond donors (Lipinski definition) is 4. The van der Waals surface area contributed by atoms with Crippen LogP contribution in [0.25, 0.3) is 0 Å². The second kappa shape index (κ2) is 12.5. The van der Waals surface area contributed by atoms with Crippen LogP contribution in [0.15, 0.2) is 17.5 Å². The molecule has 1 amide bonds. The molecule has 1 unspecified atom stereocenters. The summed E-state index contributed by atoms with van der Waals surface area (Å²) < 4.78 is 0. The number of ketones is 1. The molecule has 172 valence electrons. The SMILES string of the molecule is NCCCC[C@H](NC(CCCC(=O)c1cccs1)C(=O)O)C(=O)N1CCC[C@H]1C(=O)O. The first-order chi connectivity index (χ1) is 14.8. The van der Waals surface area contributed by atoms with Crippen LogP contribution in [0.2, 0.25) is 0 Å². The maximum Gasteiger partial charge on any atom is 0.326 e. The molecule has 0 saturated carbocycles. The van der Waals surface area contributed by atoms with E-state index >= 15 is 0 Å². The number of Topliss-reactive ketones (excluding diaryl/α,β-unsaturated/α-hetero) is 1. The molecule has 10 heteroatoms. The Bertz CT molecular complexity index is 754. The van der Waals surface area contributed by atoms with Crippen molar-refractivity contribution in [1.29, 1.82) is 0 Å². The van der Waals surface area contributed by atoms with Gasteiger partial charge in [0.05, 0.1) is 10.9 Å². The van der Waals surface area contributed by atoms with Crippen LogP contribution in [0.1, 0.15) is 61.0 Å². The molecule has 0 radical (unpaired) electrons. The number of carbonyl (C=O) groups is 4. The number of nitrogens with two attached hydrogens (primary N) is 1. The van der Waals surface area contributed by atoms with E-state index in [4.69, 9.17) is 5.73 Å². The summed E-state index contributed by atoms with van der Waals surface area (Å²) in [5.41, 5.74) is 5.54. The van der Waals surface area contributed by atoms with Crippen LogP contribution in [0.5, 0.6) is 0 Å². The standard InChI is InChI=1S/C21H31N3O6S/c22-11-2-1-6-14(19(26)24-12-4-8-16(24)21(29)30)23-15(20(27)28)7-3-9-17(25)18-10-5-13-31-18/h5,10,13-16,23H,1-4,6-9,11-12,22H2,(H,27,28)(H,29,30)/t14-,15?,16-/m0/s1. The van der Waals surface area contributed by atoms with Gasteiger partial charge in [0.1, 0.15) is 12.1 Å². The lowest BCUT2D eigenvalue weighted by Crippen LogP contribution is -2.54. The molecule has 2 heterocycles. The third kappa shape index (κ3) is 7.41. The van der Waals surface area contributed by atoms with Gasteiger partial charge in [0.15, 0.2) is 5.78 Å². The van der Waals surface area contributed by atoms with Crippen molar-refractivity contribution in [3.63, 3.8) is 0 Å². The van der Waals surface area contributed by atoms with Crippen LogP contribution in [-0.2, 0) is 14.4 Å². The Morgan fingerprint density at radius 3 is 2.52 bits per heavy atom. The third-order valence-electron chi connectivity index (χ3n) is 5.46. The number of unbranched alkanes of at least 4 members (excludes halogenated alkanes) is 1. The Morgan fingerprint density at radius 2 is 1.90 bits per heavy atom. The number of amides is 1. The second-order valence-corrected chi connectivity index (χ2v) is 8.66. The number of likely N-dealkylation sites (tertiary alicyclic amines) is 1. The zero-order chi connectivity index (χ0) is 22.8. The topological polar surface area (TPSA) is 150 Å². The predicted molar refractivity (Wildman–Crippen MR) is 116 cm³/mol. The Labute approximate surface area is 185 Å². The lowest BCUT2D eigenvalue weighted by atomic mass is 10.0. The highest BCUT2D eigenvalue weighted by atomic mass is 32.1. The number of nitrogens with zero attached hydrogens (tertiary/aromatic N) is 1. The number of carboxylic acids is 2.